The Labute approximate surface area is 138 Å². The molecule has 0 radical (unpaired) electrons. The first-order valence-electron chi connectivity index (χ1n) is 6.84. The van der Waals surface area contributed by atoms with Crippen molar-refractivity contribution in [2.45, 2.75) is 13.2 Å². The minimum Gasteiger partial charge on any atom is -0.343 e. The summed E-state index contributed by atoms with van der Waals surface area (Å²) in [4.78, 5) is 9.65. The first-order chi connectivity index (χ1) is 10.7. The average molecular weight is 336 g/mol. The van der Waals surface area contributed by atoms with E-state index in [1.807, 2.05) is 18.2 Å². The van der Waals surface area contributed by atoms with Crippen LogP contribution in [-0.4, -0.2) is 11.7 Å². The van der Waals surface area contributed by atoms with Gasteiger partial charge in [0.05, 0.1) is 7.11 Å². The minimum atomic E-state index is 0.416. The minimum absolute atomic E-state index is 0.416. The van der Waals surface area contributed by atoms with Crippen molar-refractivity contribution in [3.05, 3.63) is 69.8 Å². The number of benzene rings is 2. The number of hydrogen-bond donors (Lipinski definition) is 0. The van der Waals surface area contributed by atoms with Gasteiger partial charge in [0.2, 0.25) is 0 Å². The van der Waals surface area contributed by atoms with E-state index in [1.165, 1.54) is 12.5 Å². The van der Waals surface area contributed by atoms with E-state index in [-0.39, 0.29) is 0 Å². The van der Waals surface area contributed by atoms with E-state index in [2.05, 4.69) is 33.9 Å². The van der Waals surface area contributed by atoms with Crippen molar-refractivity contribution in [3.63, 3.8) is 0 Å². The molecule has 0 unspecified atom stereocenters. The summed E-state index contributed by atoms with van der Waals surface area (Å²) in [5.41, 5.74) is 3.21. The molecule has 0 bridgehead atoms. The van der Waals surface area contributed by atoms with Gasteiger partial charge < -0.3 is 4.57 Å². The summed E-state index contributed by atoms with van der Waals surface area (Å²) in [5, 5.41) is 2.49. The van der Waals surface area contributed by atoms with E-state index in [0.717, 1.165) is 16.6 Å². The molecule has 1 heterocycles. The number of rotatable bonds is 5. The van der Waals surface area contributed by atoms with Crippen molar-refractivity contribution in [1.82, 2.24) is 4.57 Å². The van der Waals surface area contributed by atoms with Gasteiger partial charge in [-0.15, -0.1) is 0 Å². The number of halogens is 2. The van der Waals surface area contributed by atoms with Gasteiger partial charge in [-0.1, -0.05) is 41.4 Å². The van der Waals surface area contributed by atoms with E-state index in [0.29, 0.717) is 23.2 Å². The quantitative estimate of drug-likeness (QED) is 0.479. The Morgan fingerprint density at radius 3 is 2.68 bits per heavy atom. The number of aromatic nitrogens is 1. The molecule has 0 atom stereocenters. The van der Waals surface area contributed by atoms with Crippen LogP contribution in [0.2, 0.25) is 10.0 Å². The van der Waals surface area contributed by atoms with Crippen LogP contribution in [0.5, 0.6) is 0 Å². The first-order valence-corrected chi connectivity index (χ1v) is 7.60. The van der Waals surface area contributed by atoms with Gasteiger partial charge in [0.1, 0.15) is 6.61 Å². The van der Waals surface area contributed by atoms with Gasteiger partial charge in [-0.3, -0.25) is 0 Å². The van der Waals surface area contributed by atoms with E-state index in [4.69, 9.17) is 28.1 Å². The van der Waals surface area contributed by atoms with Crippen LogP contribution >= 0.6 is 23.2 Å². The highest BCUT2D eigenvalue weighted by Crippen LogP contribution is 2.24. The predicted molar refractivity (Wildman–Crippen MR) is 89.3 cm³/mol. The molecule has 2 aromatic carbocycles. The maximum atomic E-state index is 6.26. The highest BCUT2D eigenvalue weighted by atomic mass is 35.5. The molecule has 5 heteroatoms. The first kappa shape index (κ1) is 15.4. The van der Waals surface area contributed by atoms with Crippen LogP contribution in [0.15, 0.2) is 48.7 Å². The maximum Gasteiger partial charge on any atom is 0.107 e. The molecule has 114 valence electrons. The Balaban J connectivity index is 1.92. The topological polar surface area (TPSA) is 23.4 Å². The van der Waals surface area contributed by atoms with Gasteiger partial charge in [0.15, 0.2) is 0 Å². The molecule has 0 spiro atoms. The van der Waals surface area contributed by atoms with Crippen LogP contribution in [0.1, 0.15) is 11.1 Å². The van der Waals surface area contributed by atoms with Crippen molar-refractivity contribution in [2.75, 3.05) is 7.11 Å². The fourth-order valence-corrected chi connectivity index (χ4v) is 2.89. The lowest BCUT2D eigenvalue weighted by molar-refractivity contribution is -0.282. The maximum absolute atomic E-state index is 6.26. The third kappa shape index (κ3) is 3.28. The monoisotopic (exact) mass is 335 g/mol. The zero-order chi connectivity index (χ0) is 15.5. The molecule has 0 fully saturated rings. The van der Waals surface area contributed by atoms with Crippen molar-refractivity contribution < 1.29 is 9.78 Å². The van der Waals surface area contributed by atoms with Crippen LogP contribution in [0.3, 0.4) is 0 Å². The summed E-state index contributed by atoms with van der Waals surface area (Å²) in [7, 11) is 1.50. The third-order valence-corrected chi connectivity index (χ3v) is 4.12. The molecule has 0 aliphatic rings. The lowest BCUT2D eigenvalue weighted by Gasteiger charge is -2.09. The molecular formula is C17H15Cl2NO2. The molecule has 1 aromatic heterocycles. The smallest absolute Gasteiger partial charge is 0.107 e. The molecule has 3 nitrogen and oxygen atoms in total. The second kappa shape index (κ2) is 6.71. The molecule has 0 aliphatic carbocycles. The Kier molecular flexibility index (Phi) is 4.69. The highest BCUT2D eigenvalue weighted by Gasteiger charge is 2.06. The Bertz CT molecular complexity index is 798. The summed E-state index contributed by atoms with van der Waals surface area (Å²) < 4.78 is 2.15. The fraction of sp³-hybridized carbons (Fsp3) is 0.176. The van der Waals surface area contributed by atoms with Gasteiger partial charge in [-0.25, -0.2) is 9.78 Å². The Morgan fingerprint density at radius 1 is 1.05 bits per heavy atom. The SMILES string of the molecule is COOCc1ccc2ccn(Cc3ccc(Cl)cc3Cl)c2c1. The molecule has 0 saturated heterocycles. The van der Waals surface area contributed by atoms with Crippen molar-refractivity contribution in [1.29, 1.82) is 0 Å². The molecule has 0 amide bonds. The van der Waals surface area contributed by atoms with Gasteiger partial charge in [0.25, 0.3) is 0 Å². The summed E-state index contributed by atoms with van der Waals surface area (Å²) in [5.74, 6) is 0. The summed E-state index contributed by atoms with van der Waals surface area (Å²) >= 11 is 12.2. The van der Waals surface area contributed by atoms with E-state index in [1.54, 1.807) is 6.07 Å². The van der Waals surface area contributed by atoms with Gasteiger partial charge in [0, 0.05) is 28.3 Å². The molecule has 3 rings (SSSR count). The van der Waals surface area contributed by atoms with Crippen LogP contribution in [0.4, 0.5) is 0 Å². The predicted octanol–water partition coefficient (Wildman–Crippen LogP) is 5.07. The Morgan fingerprint density at radius 2 is 1.91 bits per heavy atom. The number of nitrogens with zero attached hydrogens (tertiary/aromatic N) is 1. The van der Waals surface area contributed by atoms with E-state index < -0.39 is 0 Å². The highest BCUT2D eigenvalue weighted by molar-refractivity contribution is 6.35. The van der Waals surface area contributed by atoms with Crippen molar-refractivity contribution in [3.8, 4) is 0 Å². The number of hydrogen-bond acceptors (Lipinski definition) is 2. The molecule has 0 aliphatic heterocycles. The van der Waals surface area contributed by atoms with Crippen LogP contribution in [0, 0.1) is 0 Å². The summed E-state index contributed by atoms with van der Waals surface area (Å²) in [6, 6.07) is 13.9. The van der Waals surface area contributed by atoms with Crippen LogP contribution in [-0.2, 0) is 22.9 Å². The summed E-state index contributed by atoms with van der Waals surface area (Å²) in [6.07, 6.45) is 2.05. The largest absolute Gasteiger partial charge is 0.343 e. The van der Waals surface area contributed by atoms with E-state index >= 15 is 0 Å². The van der Waals surface area contributed by atoms with E-state index in [9.17, 15) is 0 Å². The normalized spacial score (nSPS) is 11.2. The number of fused-ring (bicyclic) bond motifs is 1. The standard InChI is InChI=1S/C17H15Cl2NO2/c1-21-22-11-12-2-3-13-6-7-20(17(13)8-12)10-14-4-5-15(18)9-16(14)19/h2-9H,10-11H2,1H3. The second-order valence-corrected chi connectivity index (χ2v) is 5.85. The zero-order valence-electron chi connectivity index (χ0n) is 12.1. The molecule has 3 aromatic rings. The molecule has 22 heavy (non-hydrogen) atoms. The third-order valence-electron chi connectivity index (χ3n) is 3.54. The van der Waals surface area contributed by atoms with Gasteiger partial charge in [-0.2, -0.15) is 0 Å². The van der Waals surface area contributed by atoms with Gasteiger partial charge in [-0.05, 0) is 40.8 Å². The van der Waals surface area contributed by atoms with Crippen molar-refractivity contribution in [2.24, 2.45) is 0 Å². The molecular weight excluding hydrogens is 321 g/mol. The van der Waals surface area contributed by atoms with Gasteiger partial charge >= 0.3 is 0 Å². The second-order valence-electron chi connectivity index (χ2n) is 5.00. The fourth-order valence-electron chi connectivity index (χ4n) is 2.42. The summed E-state index contributed by atoms with van der Waals surface area (Å²) in [6.45, 7) is 1.10. The van der Waals surface area contributed by atoms with Crippen LogP contribution in [0.25, 0.3) is 10.9 Å². The molecule has 0 N–H and O–H groups in total. The Hall–Kier alpha value is -1.52. The molecule has 0 saturated carbocycles. The van der Waals surface area contributed by atoms with Crippen LogP contribution < -0.4 is 0 Å². The lowest BCUT2D eigenvalue weighted by Crippen LogP contribution is -1.99. The average Bonchev–Trinajstić information content (AvgIpc) is 2.90. The van der Waals surface area contributed by atoms with Crippen molar-refractivity contribution >= 4 is 34.1 Å². The zero-order valence-corrected chi connectivity index (χ0v) is 13.6. The lowest BCUT2D eigenvalue weighted by atomic mass is 10.1.